The molecule has 2 aromatic rings. The van der Waals surface area contributed by atoms with Crippen LogP contribution in [0, 0.1) is 0 Å². The number of carbonyl (C=O) groups is 1. The standard InChI is InChI=1S/C16H11NO2S/c18-16-14(10-11-6-8-13(20)9-7-11)17-15(19-16)12-4-2-1-3-5-12/h1-10,20H/b14-10-. The zero-order chi connectivity index (χ0) is 13.9. The Balaban J connectivity index is 1.92. The first-order valence-electron chi connectivity index (χ1n) is 6.09. The van der Waals surface area contributed by atoms with Crippen molar-refractivity contribution in [2.24, 2.45) is 4.99 Å². The van der Waals surface area contributed by atoms with Crippen molar-refractivity contribution in [2.45, 2.75) is 4.90 Å². The number of esters is 1. The van der Waals surface area contributed by atoms with E-state index in [-0.39, 0.29) is 0 Å². The van der Waals surface area contributed by atoms with Gasteiger partial charge in [0, 0.05) is 10.5 Å². The van der Waals surface area contributed by atoms with E-state index in [1.807, 2.05) is 54.6 Å². The molecule has 1 aliphatic rings. The average molecular weight is 281 g/mol. The highest BCUT2D eigenvalue weighted by Gasteiger charge is 2.23. The number of nitrogens with zero attached hydrogens (tertiary/aromatic N) is 1. The fraction of sp³-hybridized carbons (Fsp3) is 0. The minimum Gasteiger partial charge on any atom is -0.402 e. The third kappa shape index (κ3) is 2.65. The quantitative estimate of drug-likeness (QED) is 0.521. The van der Waals surface area contributed by atoms with Crippen LogP contribution in [-0.4, -0.2) is 11.9 Å². The lowest BCUT2D eigenvalue weighted by Gasteiger charge is -1.97. The van der Waals surface area contributed by atoms with Crippen LogP contribution >= 0.6 is 12.6 Å². The Kier molecular flexibility index (Phi) is 3.39. The van der Waals surface area contributed by atoms with E-state index in [1.165, 1.54) is 0 Å². The summed E-state index contributed by atoms with van der Waals surface area (Å²) in [7, 11) is 0. The summed E-state index contributed by atoms with van der Waals surface area (Å²) in [6.45, 7) is 0. The molecule has 0 aromatic heterocycles. The second-order valence-electron chi connectivity index (χ2n) is 4.29. The summed E-state index contributed by atoms with van der Waals surface area (Å²) >= 11 is 4.22. The second kappa shape index (κ2) is 5.35. The number of hydrogen-bond acceptors (Lipinski definition) is 4. The predicted octanol–water partition coefficient (Wildman–Crippen LogP) is 3.32. The lowest BCUT2D eigenvalue weighted by Crippen LogP contribution is -2.04. The lowest BCUT2D eigenvalue weighted by molar-refractivity contribution is -0.129. The van der Waals surface area contributed by atoms with Crippen molar-refractivity contribution >= 4 is 30.6 Å². The fourth-order valence-electron chi connectivity index (χ4n) is 1.84. The van der Waals surface area contributed by atoms with E-state index in [2.05, 4.69) is 17.6 Å². The molecule has 0 unspecified atom stereocenters. The molecule has 0 atom stereocenters. The number of aliphatic imine (C=N–C) groups is 1. The molecule has 4 heteroatoms. The molecular weight excluding hydrogens is 270 g/mol. The molecule has 0 fully saturated rings. The van der Waals surface area contributed by atoms with E-state index in [0.717, 1.165) is 16.0 Å². The highest BCUT2D eigenvalue weighted by Crippen LogP contribution is 2.19. The first kappa shape index (κ1) is 12.7. The van der Waals surface area contributed by atoms with Crippen LogP contribution in [0.4, 0.5) is 0 Å². The van der Waals surface area contributed by atoms with E-state index in [1.54, 1.807) is 6.08 Å². The van der Waals surface area contributed by atoms with E-state index in [0.29, 0.717) is 11.6 Å². The Morgan fingerprint density at radius 3 is 2.40 bits per heavy atom. The normalized spacial score (nSPS) is 16.1. The van der Waals surface area contributed by atoms with Crippen molar-refractivity contribution in [1.29, 1.82) is 0 Å². The first-order valence-corrected chi connectivity index (χ1v) is 6.54. The van der Waals surface area contributed by atoms with Crippen LogP contribution in [0.2, 0.25) is 0 Å². The number of benzene rings is 2. The smallest absolute Gasteiger partial charge is 0.363 e. The molecule has 1 aliphatic heterocycles. The van der Waals surface area contributed by atoms with Crippen LogP contribution in [0.3, 0.4) is 0 Å². The maximum absolute atomic E-state index is 11.8. The van der Waals surface area contributed by atoms with Crippen molar-refractivity contribution in [3.8, 4) is 0 Å². The summed E-state index contributed by atoms with van der Waals surface area (Å²) in [5.74, 6) is -0.0912. The third-order valence-corrected chi connectivity index (χ3v) is 3.14. The van der Waals surface area contributed by atoms with Crippen LogP contribution < -0.4 is 0 Å². The van der Waals surface area contributed by atoms with Gasteiger partial charge in [-0.05, 0) is 35.9 Å². The average Bonchev–Trinajstić information content (AvgIpc) is 2.84. The number of thiol groups is 1. The van der Waals surface area contributed by atoms with Crippen molar-refractivity contribution in [3.63, 3.8) is 0 Å². The van der Waals surface area contributed by atoms with Crippen molar-refractivity contribution < 1.29 is 9.53 Å². The van der Waals surface area contributed by atoms with Gasteiger partial charge >= 0.3 is 5.97 Å². The summed E-state index contributed by atoms with van der Waals surface area (Å²) in [5, 5.41) is 0. The van der Waals surface area contributed by atoms with Gasteiger partial charge in [-0.15, -0.1) is 12.6 Å². The molecule has 0 N–H and O–H groups in total. The van der Waals surface area contributed by atoms with Gasteiger partial charge in [0.15, 0.2) is 5.70 Å². The maximum Gasteiger partial charge on any atom is 0.363 e. The van der Waals surface area contributed by atoms with E-state index in [4.69, 9.17) is 4.74 Å². The van der Waals surface area contributed by atoms with Crippen molar-refractivity contribution in [2.75, 3.05) is 0 Å². The minimum absolute atomic E-state index is 0.302. The Bertz CT molecular complexity index is 703. The predicted molar refractivity (Wildman–Crippen MR) is 80.7 cm³/mol. The summed E-state index contributed by atoms with van der Waals surface area (Å²) in [4.78, 5) is 16.9. The van der Waals surface area contributed by atoms with Gasteiger partial charge in [0.2, 0.25) is 5.90 Å². The molecule has 3 rings (SSSR count). The van der Waals surface area contributed by atoms with Gasteiger partial charge in [-0.2, -0.15) is 0 Å². The molecule has 0 spiro atoms. The highest BCUT2D eigenvalue weighted by molar-refractivity contribution is 7.80. The number of ether oxygens (including phenoxy) is 1. The zero-order valence-electron chi connectivity index (χ0n) is 10.5. The molecule has 20 heavy (non-hydrogen) atoms. The Hall–Kier alpha value is -2.33. The minimum atomic E-state index is -0.432. The lowest BCUT2D eigenvalue weighted by atomic mass is 10.2. The van der Waals surface area contributed by atoms with Gasteiger partial charge in [0.25, 0.3) is 0 Å². The molecule has 98 valence electrons. The first-order chi connectivity index (χ1) is 9.72. The molecular formula is C16H11NO2S. The van der Waals surface area contributed by atoms with Gasteiger partial charge < -0.3 is 4.74 Å². The Morgan fingerprint density at radius 2 is 1.70 bits per heavy atom. The number of cyclic esters (lactones) is 1. The largest absolute Gasteiger partial charge is 0.402 e. The van der Waals surface area contributed by atoms with Crippen LogP contribution in [-0.2, 0) is 9.53 Å². The van der Waals surface area contributed by atoms with Gasteiger partial charge in [0.1, 0.15) is 0 Å². The Morgan fingerprint density at radius 1 is 1.00 bits per heavy atom. The maximum atomic E-state index is 11.8. The summed E-state index contributed by atoms with van der Waals surface area (Å²) in [6, 6.07) is 16.8. The van der Waals surface area contributed by atoms with E-state index < -0.39 is 5.97 Å². The topological polar surface area (TPSA) is 38.7 Å². The highest BCUT2D eigenvalue weighted by atomic mass is 32.1. The third-order valence-electron chi connectivity index (χ3n) is 2.84. The number of carbonyl (C=O) groups excluding carboxylic acids is 1. The summed E-state index contributed by atoms with van der Waals surface area (Å²) < 4.78 is 5.18. The number of rotatable bonds is 2. The van der Waals surface area contributed by atoms with Crippen molar-refractivity contribution in [3.05, 3.63) is 71.4 Å². The molecule has 0 saturated carbocycles. The second-order valence-corrected chi connectivity index (χ2v) is 4.81. The van der Waals surface area contributed by atoms with Gasteiger partial charge in [0.05, 0.1) is 0 Å². The van der Waals surface area contributed by atoms with Crippen LogP contribution in [0.25, 0.3) is 6.08 Å². The monoisotopic (exact) mass is 281 g/mol. The molecule has 2 aromatic carbocycles. The van der Waals surface area contributed by atoms with Gasteiger partial charge in [-0.25, -0.2) is 9.79 Å². The van der Waals surface area contributed by atoms with E-state index in [9.17, 15) is 4.79 Å². The zero-order valence-corrected chi connectivity index (χ0v) is 11.4. The summed E-state index contributed by atoms with van der Waals surface area (Å²) in [6.07, 6.45) is 1.70. The molecule has 0 radical (unpaired) electrons. The summed E-state index contributed by atoms with van der Waals surface area (Å²) in [5.41, 5.74) is 1.97. The van der Waals surface area contributed by atoms with Crippen LogP contribution in [0.15, 0.2) is 70.2 Å². The molecule has 0 amide bonds. The van der Waals surface area contributed by atoms with Gasteiger partial charge in [-0.3, -0.25) is 0 Å². The van der Waals surface area contributed by atoms with Crippen molar-refractivity contribution in [1.82, 2.24) is 0 Å². The fourth-order valence-corrected chi connectivity index (χ4v) is 1.99. The van der Waals surface area contributed by atoms with Crippen LogP contribution in [0.1, 0.15) is 11.1 Å². The number of hydrogen-bond donors (Lipinski definition) is 1. The van der Waals surface area contributed by atoms with E-state index >= 15 is 0 Å². The molecule has 0 bridgehead atoms. The molecule has 0 saturated heterocycles. The SMILES string of the molecule is O=C1OC(c2ccccc2)=N/C1=C\c1ccc(S)cc1. The molecule has 3 nitrogen and oxygen atoms in total. The molecule has 1 heterocycles. The molecule has 0 aliphatic carbocycles. The van der Waals surface area contributed by atoms with Crippen LogP contribution in [0.5, 0.6) is 0 Å². The Labute approximate surface area is 122 Å². The van der Waals surface area contributed by atoms with Gasteiger partial charge in [-0.1, -0.05) is 30.3 Å².